The summed E-state index contributed by atoms with van der Waals surface area (Å²) in [5, 5.41) is 0.726. The standard InChI is InChI=1S/C8H10ClF2N3S/c1-14(4-6(10)11)7-3-5(9)12-8(13-7)15-2/h3,6H,4H2,1-2H3. The van der Waals surface area contributed by atoms with Gasteiger partial charge in [0.15, 0.2) is 5.16 Å². The zero-order valence-electron chi connectivity index (χ0n) is 8.25. The molecule has 0 aliphatic carbocycles. The molecule has 0 radical (unpaired) electrons. The van der Waals surface area contributed by atoms with Crippen molar-refractivity contribution in [3.63, 3.8) is 0 Å². The molecule has 1 aromatic heterocycles. The number of hydrogen-bond acceptors (Lipinski definition) is 4. The monoisotopic (exact) mass is 253 g/mol. The second kappa shape index (κ2) is 5.46. The molecule has 0 bridgehead atoms. The first-order valence-corrected chi connectivity index (χ1v) is 5.71. The van der Waals surface area contributed by atoms with E-state index in [1.165, 1.54) is 29.8 Å². The minimum absolute atomic E-state index is 0.255. The molecule has 0 unspecified atom stereocenters. The molecule has 0 N–H and O–H groups in total. The molecule has 1 heterocycles. The second-order valence-corrected chi connectivity index (χ2v) is 3.97. The number of anilines is 1. The first-order valence-electron chi connectivity index (χ1n) is 4.10. The van der Waals surface area contributed by atoms with Crippen LogP contribution in [-0.2, 0) is 0 Å². The van der Waals surface area contributed by atoms with Gasteiger partial charge < -0.3 is 4.90 Å². The van der Waals surface area contributed by atoms with Crippen molar-refractivity contribution in [2.75, 3.05) is 24.7 Å². The van der Waals surface area contributed by atoms with Crippen molar-refractivity contribution in [3.05, 3.63) is 11.2 Å². The molecular formula is C8H10ClF2N3S. The van der Waals surface area contributed by atoms with E-state index in [0.717, 1.165) is 0 Å². The Hall–Kier alpha value is -0.620. The van der Waals surface area contributed by atoms with Crippen molar-refractivity contribution in [2.24, 2.45) is 0 Å². The van der Waals surface area contributed by atoms with Gasteiger partial charge >= 0.3 is 0 Å². The smallest absolute Gasteiger partial charge is 0.255 e. The Morgan fingerprint density at radius 2 is 2.20 bits per heavy atom. The molecule has 0 saturated heterocycles. The van der Waals surface area contributed by atoms with E-state index in [2.05, 4.69) is 9.97 Å². The fourth-order valence-electron chi connectivity index (χ4n) is 0.973. The molecule has 0 saturated carbocycles. The first kappa shape index (κ1) is 12.4. The fraction of sp³-hybridized carbons (Fsp3) is 0.500. The minimum Gasteiger partial charge on any atom is -0.354 e. The average molecular weight is 254 g/mol. The maximum absolute atomic E-state index is 12.1. The third kappa shape index (κ3) is 3.79. The third-order valence-corrected chi connectivity index (χ3v) is 2.39. The Morgan fingerprint density at radius 1 is 1.53 bits per heavy atom. The lowest BCUT2D eigenvalue weighted by Gasteiger charge is -2.17. The number of hydrogen-bond donors (Lipinski definition) is 0. The van der Waals surface area contributed by atoms with Gasteiger partial charge in [-0.25, -0.2) is 18.7 Å². The van der Waals surface area contributed by atoms with E-state index in [0.29, 0.717) is 11.0 Å². The van der Waals surface area contributed by atoms with Crippen LogP contribution in [0.5, 0.6) is 0 Å². The van der Waals surface area contributed by atoms with Crippen LogP contribution in [0.3, 0.4) is 0 Å². The number of thioether (sulfide) groups is 1. The first-order chi connectivity index (χ1) is 7.02. The summed E-state index contributed by atoms with van der Waals surface area (Å²) >= 11 is 7.04. The Labute approximate surface area is 95.8 Å². The van der Waals surface area contributed by atoms with E-state index >= 15 is 0 Å². The van der Waals surface area contributed by atoms with E-state index in [1.807, 2.05) is 0 Å². The van der Waals surface area contributed by atoms with E-state index in [4.69, 9.17) is 11.6 Å². The molecule has 0 aromatic carbocycles. The van der Waals surface area contributed by atoms with Gasteiger partial charge in [-0.3, -0.25) is 0 Å². The summed E-state index contributed by atoms with van der Waals surface area (Å²) in [6.07, 6.45) is -0.607. The van der Waals surface area contributed by atoms with Crippen LogP contribution in [0.15, 0.2) is 11.2 Å². The lowest BCUT2D eigenvalue weighted by Crippen LogP contribution is -2.25. The molecule has 84 valence electrons. The zero-order valence-corrected chi connectivity index (χ0v) is 9.82. The van der Waals surface area contributed by atoms with Crippen molar-refractivity contribution in [2.45, 2.75) is 11.6 Å². The maximum Gasteiger partial charge on any atom is 0.255 e. The summed E-state index contributed by atoms with van der Waals surface area (Å²) in [5.74, 6) is 0.402. The average Bonchev–Trinajstić information content (AvgIpc) is 2.15. The van der Waals surface area contributed by atoms with Crippen molar-refractivity contribution in [1.82, 2.24) is 9.97 Å². The Balaban J connectivity index is 2.88. The SMILES string of the molecule is CSc1nc(Cl)cc(N(C)CC(F)F)n1. The number of alkyl halides is 2. The van der Waals surface area contributed by atoms with Crippen molar-refractivity contribution < 1.29 is 8.78 Å². The summed E-state index contributed by atoms with van der Waals surface area (Å²) in [5.41, 5.74) is 0. The summed E-state index contributed by atoms with van der Waals surface area (Å²) in [6.45, 7) is -0.374. The van der Waals surface area contributed by atoms with Crippen molar-refractivity contribution >= 4 is 29.2 Å². The van der Waals surface area contributed by atoms with Crippen LogP contribution in [-0.4, -0.2) is 36.2 Å². The molecule has 0 aliphatic rings. The minimum atomic E-state index is -2.40. The van der Waals surface area contributed by atoms with Gasteiger partial charge in [-0.2, -0.15) is 0 Å². The fourth-order valence-corrected chi connectivity index (χ4v) is 1.58. The molecule has 0 fully saturated rings. The highest BCUT2D eigenvalue weighted by molar-refractivity contribution is 7.98. The number of rotatable bonds is 4. The molecule has 0 atom stereocenters. The topological polar surface area (TPSA) is 29.0 Å². The lowest BCUT2D eigenvalue weighted by atomic mass is 10.5. The van der Waals surface area contributed by atoms with Gasteiger partial charge in [0.1, 0.15) is 11.0 Å². The summed E-state index contributed by atoms with van der Waals surface area (Å²) in [6, 6.07) is 1.46. The second-order valence-electron chi connectivity index (χ2n) is 2.81. The van der Waals surface area contributed by atoms with Gasteiger partial charge in [-0.05, 0) is 6.26 Å². The van der Waals surface area contributed by atoms with E-state index in [-0.39, 0.29) is 11.7 Å². The molecule has 0 amide bonds. The van der Waals surface area contributed by atoms with Gasteiger partial charge in [0.05, 0.1) is 6.54 Å². The molecule has 3 nitrogen and oxygen atoms in total. The van der Waals surface area contributed by atoms with Gasteiger partial charge in [0, 0.05) is 13.1 Å². The van der Waals surface area contributed by atoms with Crippen molar-refractivity contribution in [3.8, 4) is 0 Å². The number of aromatic nitrogens is 2. The molecule has 15 heavy (non-hydrogen) atoms. The highest BCUT2D eigenvalue weighted by atomic mass is 35.5. The maximum atomic E-state index is 12.1. The largest absolute Gasteiger partial charge is 0.354 e. The van der Waals surface area contributed by atoms with Crippen LogP contribution in [0.2, 0.25) is 5.15 Å². The van der Waals surface area contributed by atoms with Crippen LogP contribution >= 0.6 is 23.4 Å². The molecule has 0 aliphatic heterocycles. The lowest BCUT2D eigenvalue weighted by molar-refractivity contribution is 0.156. The number of halogens is 3. The Morgan fingerprint density at radius 3 is 2.73 bits per heavy atom. The predicted octanol–water partition coefficient (Wildman–Crippen LogP) is 2.55. The zero-order chi connectivity index (χ0) is 11.4. The molecule has 7 heteroatoms. The highest BCUT2D eigenvalue weighted by Gasteiger charge is 2.11. The summed E-state index contributed by atoms with van der Waals surface area (Å²) in [4.78, 5) is 9.33. The normalized spacial score (nSPS) is 10.8. The quantitative estimate of drug-likeness (QED) is 0.469. The third-order valence-electron chi connectivity index (χ3n) is 1.65. The van der Waals surface area contributed by atoms with Gasteiger partial charge in [0.25, 0.3) is 6.43 Å². The van der Waals surface area contributed by atoms with Crippen LogP contribution < -0.4 is 4.90 Å². The van der Waals surface area contributed by atoms with Crippen LogP contribution in [0.1, 0.15) is 0 Å². The molecular weight excluding hydrogens is 244 g/mol. The Bertz CT molecular complexity index is 338. The van der Waals surface area contributed by atoms with Gasteiger partial charge in [0.2, 0.25) is 0 Å². The van der Waals surface area contributed by atoms with Crippen LogP contribution in [0.4, 0.5) is 14.6 Å². The van der Waals surface area contributed by atoms with E-state index in [9.17, 15) is 8.78 Å². The highest BCUT2D eigenvalue weighted by Crippen LogP contribution is 2.19. The van der Waals surface area contributed by atoms with Crippen LogP contribution in [0.25, 0.3) is 0 Å². The van der Waals surface area contributed by atoms with Crippen molar-refractivity contribution in [1.29, 1.82) is 0 Å². The Kier molecular flexibility index (Phi) is 4.53. The molecule has 1 rings (SSSR count). The van der Waals surface area contributed by atoms with Gasteiger partial charge in [-0.1, -0.05) is 23.4 Å². The molecule has 0 spiro atoms. The summed E-state index contributed by atoms with van der Waals surface area (Å²) in [7, 11) is 1.54. The van der Waals surface area contributed by atoms with E-state index in [1.54, 1.807) is 6.26 Å². The summed E-state index contributed by atoms with van der Waals surface area (Å²) < 4.78 is 24.3. The van der Waals surface area contributed by atoms with Gasteiger partial charge in [-0.15, -0.1) is 0 Å². The number of nitrogens with zero attached hydrogens (tertiary/aromatic N) is 3. The molecule has 1 aromatic rings. The van der Waals surface area contributed by atoms with E-state index < -0.39 is 6.43 Å². The predicted molar refractivity (Wildman–Crippen MR) is 58.1 cm³/mol. The van der Waals surface area contributed by atoms with Crippen LogP contribution in [0, 0.1) is 0 Å².